The zero-order valence-corrected chi connectivity index (χ0v) is 11.3. The highest BCUT2D eigenvalue weighted by atomic mass is 35.5. The molecule has 0 aromatic heterocycles. The molecule has 0 radical (unpaired) electrons. The van der Waals surface area contributed by atoms with Crippen LogP contribution in [0.3, 0.4) is 0 Å². The molecular weight excluding hydrogens is 254 g/mol. The third-order valence-electron chi connectivity index (χ3n) is 2.94. The van der Waals surface area contributed by atoms with Crippen LogP contribution < -0.4 is 5.73 Å². The molecule has 0 aliphatic rings. The molecule has 0 aliphatic carbocycles. The summed E-state index contributed by atoms with van der Waals surface area (Å²) in [6.45, 7) is 3.45. The van der Waals surface area contributed by atoms with Crippen molar-refractivity contribution < 1.29 is 10.0 Å². The van der Waals surface area contributed by atoms with E-state index in [1.54, 1.807) is 39.1 Å². The molecule has 1 rings (SSSR count). The van der Waals surface area contributed by atoms with Crippen molar-refractivity contribution in [1.29, 1.82) is 0 Å². The highest BCUT2D eigenvalue weighted by molar-refractivity contribution is 6.31. The van der Waals surface area contributed by atoms with Crippen LogP contribution in [0.4, 0.5) is 0 Å². The van der Waals surface area contributed by atoms with Crippen LogP contribution in [0.15, 0.2) is 23.4 Å². The molecule has 0 heterocycles. The van der Waals surface area contributed by atoms with Crippen LogP contribution in [0.1, 0.15) is 22.8 Å². The molecule has 0 spiro atoms. The second-order valence-corrected chi connectivity index (χ2v) is 4.44. The van der Waals surface area contributed by atoms with Gasteiger partial charge in [0.05, 0.1) is 6.04 Å². The Morgan fingerprint density at radius 1 is 1.56 bits per heavy atom. The average Bonchev–Trinajstić information content (AvgIpc) is 2.38. The summed E-state index contributed by atoms with van der Waals surface area (Å²) in [5.41, 5.74) is 6.69. The number of carbonyl (C=O) groups is 1. The van der Waals surface area contributed by atoms with E-state index in [-0.39, 0.29) is 11.7 Å². The Kier molecular flexibility index (Phi) is 4.55. The third kappa shape index (κ3) is 2.73. The number of oxime groups is 1. The van der Waals surface area contributed by atoms with Gasteiger partial charge < -0.3 is 15.8 Å². The smallest absolute Gasteiger partial charge is 0.254 e. The fourth-order valence-electron chi connectivity index (χ4n) is 1.49. The fraction of sp³-hybridized carbons (Fsp3) is 0.333. The summed E-state index contributed by atoms with van der Waals surface area (Å²) < 4.78 is 0. The average molecular weight is 270 g/mol. The third-order valence-corrected chi connectivity index (χ3v) is 3.35. The maximum atomic E-state index is 12.3. The van der Waals surface area contributed by atoms with Crippen molar-refractivity contribution in [3.63, 3.8) is 0 Å². The number of benzene rings is 1. The molecule has 1 aromatic carbocycles. The summed E-state index contributed by atoms with van der Waals surface area (Å²) in [7, 11) is 1.59. The van der Waals surface area contributed by atoms with Gasteiger partial charge in [-0.3, -0.25) is 4.79 Å². The minimum atomic E-state index is -0.499. The van der Waals surface area contributed by atoms with Gasteiger partial charge in [-0.15, -0.1) is 0 Å². The number of halogens is 1. The fourth-order valence-corrected chi connectivity index (χ4v) is 1.66. The molecule has 5 nitrogen and oxygen atoms in total. The lowest BCUT2D eigenvalue weighted by Gasteiger charge is -2.24. The van der Waals surface area contributed by atoms with Crippen molar-refractivity contribution in [3.05, 3.63) is 34.3 Å². The lowest BCUT2D eigenvalue weighted by Crippen LogP contribution is -2.44. The summed E-state index contributed by atoms with van der Waals surface area (Å²) >= 11 is 5.97. The Morgan fingerprint density at radius 3 is 2.72 bits per heavy atom. The summed E-state index contributed by atoms with van der Waals surface area (Å²) in [5, 5.41) is 12.0. The summed E-state index contributed by atoms with van der Waals surface area (Å²) in [6, 6.07) is 4.63. The molecule has 1 atom stereocenters. The van der Waals surface area contributed by atoms with Gasteiger partial charge in [-0.2, -0.15) is 0 Å². The number of nitrogens with zero attached hydrogens (tertiary/aromatic N) is 2. The van der Waals surface area contributed by atoms with Gasteiger partial charge in [0.25, 0.3) is 5.91 Å². The van der Waals surface area contributed by atoms with Crippen molar-refractivity contribution in [2.75, 3.05) is 7.05 Å². The number of likely N-dealkylation sites (N-methyl/N-ethyl adjacent to an activating group) is 1. The van der Waals surface area contributed by atoms with Crippen LogP contribution in [0.2, 0.25) is 5.02 Å². The van der Waals surface area contributed by atoms with E-state index < -0.39 is 6.04 Å². The standard InChI is InChI=1S/C12H16ClN3O2/c1-7-9(5-4-6-10(7)13)12(17)16(3)8(2)11(14)15-18/h4-6,8,18H,1-3H3,(H2,14,15). The molecule has 1 unspecified atom stereocenters. The first-order chi connectivity index (χ1) is 8.40. The summed E-state index contributed by atoms with van der Waals surface area (Å²) in [4.78, 5) is 13.7. The Labute approximate surface area is 111 Å². The van der Waals surface area contributed by atoms with E-state index in [1.165, 1.54) is 4.90 Å². The predicted molar refractivity (Wildman–Crippen MR) is 71.2 cm³/mol. The molecule has 6 heteroatoms. The minimum Gasteiger partial charge on any atom is -0.409 e. The van der Waals surface area contributed by atoms with Crippen molar-refractivity contribution in [2.24, 2.45) is 10.9 Å². The molecule has 18 heavy (non-hydrogen) atoms. The number of amidine groups is 1. The number of amides is 1. The highest BCUT2D eigenvalue weighted by Gasteiger charge is 2.22. The number of hydrogen-bond donors (Lipinski definition) is 2. The SMILES string of the molecule is Cc1c(Cl)cccc1C(=O)N(C)C(C)/C(N)=N/O. The molecule has 1 amide bonds. The molecule has 0 bridgehead atoms. The van der Waals surface area contributed by atoms with Gasteiger partial charge in [0.1, 0.15) is 0 Å². The number of rotatable bonds is 3. The first kappa shape index (κ1) is 14.3. The molecule has 1 aromatic rings. The van der Waals surface area contributed by atoms with E-state index in [2.05, 4.69) is 5.16 Å². The minimum absolute atomic E-state index is 0.0227. The maximum Gasteiger partial charge on any atom is 0.254 e. The van der Waals surface area contributed by atoms with Gasteiger partial charge in [0.2, 0.25) is 0 Å². The van der Waals surface area contributed by atoms with Gasteiger partial charge in [-0.05, 0) is 31.5 Å². The number of hydrogen-bond acceptors (Lipinski definition) is 3. The first-order valence-electron chi connectivity index (χ1n) is 5.39. The van der Waals surface area contributed by atoms with Gasteiger partial charge in [0.15, 0.2) is 5.84 Å². The topological polar surface area (TPSA) is 78.9 Å². The lowest BCUT2D eigenvalue weighted by atomic mass is 10.1. The van der Waals surface area contributed by atoms with Crippen LogP contribution in [0, 0.1) is 6.92 Å². The zero-order valence-electron chi connectivity index (χ0n) is 10.5. The van der Waals surface area contributed by atoms with E-state index in [0.717, 1.165) is 0 Å². The van der Waals surface area contributed by atoms with E-state index in [0.29, 0.717) is 16.1 Å². The Bertz CT molecular complexity index is 488. The molecule has 0 saturated heterocycles. The Hall–Kier alpha value is -1.75. The first-order valence-corrected chi connectivity index (χ1v) is 5.77. The molecule has 0 aliphatic heterocycles. The molecule has 0 fully saturated rings. The summed E-state index contributed by atoms with van der Waals surface area (Å²) in [6.07, 6.45) is 0. The molecule has 0 saturated carbocycles. The number of carbonyl (C=O) groups excluding carboxylic acids is 1. The predicted octanol–water partition coefficient (Wildman–Crippen LogP) is 1.86. The van der Waals surface area contributed by atoms with Gasteiger partial charge in [-0.25, -0.2) is 0 Å². The normalized spacial score (nSPS) is 13.2. The Morgan fingerprint density at radius 2 is 2.17 bits per heavy atom. The number of nitrogens with two attached hydrogens (primary N) is 1. The Balaban J connectivity index is 3.04. The highest BCUT2D eigenvalue weighted by Crippen LogP contribution is 2.20. The molecule has 98 valence electrons. The van der Waals surface area contributed by atoms with Crippen LogP contribution in [0.25, 0.3) is 0 Å². The maximum absolute atomic E-state index is 12.3. The van der Waals surface area contributed by atoms with Crippen molar-refractivity contribution in [3.8, 4) is 0 Å². The van der Waals surface area contributed by atoms with E-state index in [1.807, 2.05) is 0 Å². The van der Waals surface area contributed by atoms with Crippen LogP contribution in [-0.4, -0.2) is 34.9 Å². The van der Waals surface area contributed by atoms with Crippen LogP contribution >= 0.6 is 11.6 Å². The van der Waals surface area contributed by atoms with Gasteiger partial charge in [-0.1, -0.05) is 22.8 Å². The van der Waals surface area contributed by atoms with E-state index in [4.69, 9.17) is 22.5 Å². The van der Waals surface area contributed by atoms with Crippen LogP contribution in [-0.2, 0) is 0 Å². The second-order valence-electron chi connectivity index (χ2n) is 4.03. The van der Waals surface area contributed by atoms with Crippen molar-refractivity contribution >= 4 is 23.3 Å². The lowest BCUT2D eigenvalue weighted by molar-refractivity contribution is 0.0775. The van der Waals surface area contributed by atoms with E-state index >= 15 is 0 Å². The van der Waals surface area contributed by atoms with Crippen LogP contribution in [0.5, 0.6) is 0 Å². The van der Waals surface area contributed by atoms with Gasteiger partial charge in [0, 0.05) is 17.6 Å². The summed E-state index contributed by atoms with van der Waals surface area (Å²) in [5.74, 6) is -0.250. The van der Waals surface area contributed by atoms with Gasteiger partial charge >= 0.3 is 0 Å². The monoisotopic (exact) mass is 269 g/mol. The van der Waals surface area contributed by atoms with Crippen molar-refractivity contribution in [2.45, 2.75) is 19.9 Å². The molecule has 3 N–H and O–H groups in total. The largest absolute Gasteiger partial charge is 0.409 e. The van der Waals surface area contributed by atoms with Crippen molar-refractivity contribution in [1.82, 2.24) is 4.90 Å². The van der Waals surface area contributed by atoms with E-state index in [9.17, 15) is 4.79 Å². The second kappa shape index (κ2) is 5.73. The zero-order chi connectivity index (χ0) is 13.9. The molecular formula is C12H16ClN3O2. The quantitative estimate of drug-likeness (QED) is 0.380.